The molecule has 0 bridgehead atoms. The van der Waals surface area contributed by atoms with E-state index in [0.717, 1.165) is 76.7 Å². The maximum absolute atomic E-state index is 13.3. The first-order valence-electron chi connectivity index (χ1n) is 24.2. The highest BCUT2D eigenvalue weighted by atomic mass is 16.5. The van der Waals surface area contributed by atoms with Crippen molar-refractivity contribution in [1.82, 2.24) is 0 Å². The number of benzene rings is 8. The van der Waals surface area contributed by atoms with Crippen LogP contribution in [-0.4, -0.2) is 11.4 Å². The standard InChI is InChI=1S/C63H64N2O3/c1-9-45-13-27-52(28-14-45)64(56-35-41-59(42-36-56)67-58-39-23-50(24-40-58)61(66)49-17-25-51(26-18-49)62(5,6)11-3)54-31-19-47(20-32-54)48-21-33-55(34-22-48)65(53-29-15-46(10-2)16-30-53)57-37-43-60(44-38-57)68-63(7,8)12-4/h13-44H,9-12H2,1-8H3. The Morgan fingerprint density at radius 2 is 0.721 bits per heavy atom. The minimum atomic E-state index is -0.230. The summed E-state index contributed by atoms with van der Waals surface area (Å²) in [5.41, 5.74) is 13.6. The molecule has 0 aliphatic heterocycles. The van der Waals surface area contributed by atoms with Gasteiger partial charge >= 0.3 is 0 Å². The summed E-state index contributed by atoms with van der Waals surface area (Å²) in [5.74, 6) is 2.24. The van der Waals surface area contributed by atoms with Crippen molar-refractivity contribution in [3.8, 4) is 28.4 Å². The number of ketones is 1. The van der Waals surface area contributed by atoms with E-state index in [1.165, 1.54) is 16.7 Å². The van der Waals surface area contributed by atoms with Gasteiger partial charge in [-0.1, -0.05) is 114 Å². The fraction of sp³-hybridized carbons (Fsp3) is 0.222. The van der Waals surface area contributed by atoms with E-state index in [0.29, 0.717) is 22.6 Å². The van der Waals surface area contributed by atoms with E-state index in [1.54, 1.807) is 0 Å². The van der Waals surface area contributed by atoms with Gasteiger partial charge in [0, 0.05) is 45.3 Å². The monoisotopic (exact) mass is 896 g/mol. The predicted molar refractivity (Wildman–Crippen MR) is 285 cm³/mol. The van der Waals surface area contributed by atoms with E-state index < -0.39 is 0 Å². The molecule has 0 N–H and O–H groups in total. The Bertz CT molecular complexity index is 2880. The van der Waals surface area contributed by atoms with Crippen molar-refractivity contribution in [3.63, 3.8) is 0 Å². The van der Waals surface area contributed by atoms with Crippen LogP contribution in [-0.2, 0) is 18.3 Å². The Morgan fingerprint density at radius 1 is 0.397 bits per heavy atom. The normalized spacial score (nSPS) is 11.5. The van der Waals surface area contributed by atoms with Crippen LogP contribution < -0.4 is 19.3 Å². The van der Waals surface area contributed by atoms with Crippen LogP contribution in [0.2, 0.25) is 0 Å². The fourth-order valence-electron chi connectivity index (χ4n) is 8.23. The molecule has 0 unspecified atom stereocenters. The Labute approximate surface area is 404 Å². The van der Waals surface area contributed by atoms with Gasteiger partial charge in [-0.05, 0) is 194 Å². The van der Waals surface area contributed by atoms with Gasteiger partial charge in [-0.2, -0.15) is 0 Å². The lowest BCUT2D eigenvalue weighted by molar-refractivity contribution is 0.103. The summed E-state index contributed by atoms with van der Waals surface area (Å²) in [6, 6.07) is 67.2. The lowest BCUT2D eigenvalue weighted by Gasteiger charge is -2.28. The van der Waals surface area contributed by atoms with Crippen molar-refractivity contribution >= 4 is 39.9 Å². The van der Waals surface area contributed by atoms with Gasteiger partial charge in [-0.15, -0.1) is 0 Å². The molecule has 5 nitrogen and oxygen atoms in total. The zero-order valence-corrected chi connectivity index (χ0v) is 40.9. The molecule has 0 spiro atoms. The SMILES string of the molecule is CCc1ccc(N(c2ccc(Oc3ccc(C(=O)c4ccc(C(C)(C)CC)cc4)cc3)cc2)c2ccc(-c3ccc(N(c4ccc(CC)cc4)c4ccc(OC(C)(C)CC)cc4)cc3)cc2)cc1. The van der Waals surface area contributed by atoms with Gasteiger partial charge in [0.25, 0.3) is 0 Å². The van der Waals surface area contributed by atoms with E-state index in [9.17, 15) is 4.79 Å². The summed E-state index contributed by atoms with van der Waals surface area (Å²) in [7, 11) is 0. The number of rotatable bonds is 18. The van der Waals surface area contributed by atoms with Crippen LogP contribution in [0.1, 0.15) is 101 Å². The van der Waals surface area contributed by atoms with Crippen LogP contribution in [0, 0.1) is 0 Å². The third kappa shape index (κ3) is 10.9. The molecule has 5 heteroatoms. The average molecular weight is 897 g/mol. The second-order valence-electron chi connectivity index (χ2n) is 18.8. The Kier molecular flexibility index (Phi) is 14.3. The first-order chi connectivity index (χ1) is 32.9. The number of hydrogen-bond donors (Lipinski definition) is 0. The highest BCUT2D eigenvalue weighted by Gasteiger charge is 2.21. The first-order valence-corrected chi connectivity index (χ1v) is 24.2. The van der Waals surface area contributed by atoms with Gasteiger partial charge in [0.2, 0.25) is 0 Å². The van der Waals surface area contributed by atoms with Crippen LogP contribution in [0.15, 0.2) is 194 Å². The van der Waals surface area contributed by atoms with Crippen molar-refractivity contribution in [2.75, 3.05) is 9.80 Å². The van der Waals surface area contributed by atoms with Crippen molar-refractivity contribution in [1.29, 1.82) is 0 Å². The molecule has 8 aromatic carbocycles. The molecule has 0 saturated carbocycles. The lowest BCUT2D eigenvalue weighted by Crippen LogP contribution is -2.26. The molecular formula is C63H64N2O3. The van der Waals surface area contributed by atoms with E-state index in [2.05, 4.69) is 211 Å². The second kappa shape index (κ2) is 20.7. The summed E-state index contributed by atoms with van der Waals surface area (Å²) >= 11 is 0. The minimum Gasteiger partial charge on any atom is -0.488 e. The lowest BCUT2D eigenvalue weighted by atomic mass is 9.82. The van der Waals surface area contributed by atoms with Crippen LogP contribution in [0.5, 0.6) is 17.2 Å². The molecular weight excluding hydrogens is 833 g/mol. The van der Waals surface area contributed by atoms with Gasteiger partial charge in [0.15, 0.2) is 5.78 Å². The van der Waals surface area contributed by atoms with Crippen LogP contribution in [0.4, 0.5) is 34.1 Å². The second-order valence-corrected chi connectivity index (χ2v) is 18.8. The first kappa shape index (κ1) is 47.1. The number of ether oxygens (including phenoxy) is 2. The summed E-state index contributed by atoms with van der Waals surface area (Å²) < 4.78 is 12.6. The van der Waals surface area contributed by atoms with Crippen LogP contribution in [0.25, 0.3) is 11.1 Å². The molecule has 0 aromatic heterocycles. The number of anilines is 6. The predicted octanol–water partition coefficient (Wildman–Crippen LogP) is 17.7. The maximum atomic E-state index is 13.3. The number of aryl methyl sites for hydroxylation is 2. The summed E-state index contributed by atoms with van der Waals surface area (Å²) in [4.78, 5) is 17.9. The molecule has 344 valence electrons. The molecule has 0 amide bonds. The van der Waals surface area contributed by atoms with Crippen molar-refractivity contribution in [3.05, 3.63) is 222 Å². The van der Waals surface area contributed by atoms with E-state index >= 15 is 0 Å². The topological polar surface area (TPSA) is 42.0 Å². The fourth-order valence-corrected chi connectivity index (χ4v) is 8.23. The number of nitrogens with zero attached hydrogens (tertiary/aromatic N) is 2. The van der Waals surface area contributed by atoms with Gasteiger partial charge in [0.05, 0.1) is 0 Å². The van der Waals surface area contributed by atoms with Crippen molar-refractivity contribution < 1.29 is 14.3 Å². The molecule has 0 fully saturated rings. The van der Waals surface area contributed by atoms with Gasteiger partial charge < -0.3 is 19.3 Å². The molecule has 0 aliphatic carbocycles. The molecule has 0 heterocycles. The van der Waals surface area contributed by atoms with Gasteiger partial charge in [0.1, 0.15) is 22.8 Å². The Hall–Kier alpha value is -7.37. The smallest absolute Gasteiger partial charge is 0.193 e. The average Bonchev–Trinajstić information content (AvgIpc) is 3.38. The van der Waals surface area contributed by atoms with Crippen molar-refractivity contribution in [2.24, 2.45) is 0 Å². The molecule has 68 heavy (non-hydrogen) atoms. The molecule has 0 atom stereocenters. The summed E-state index contributed by atoms with van der Waals surface area (Å²) in [6.45, 7) is 17.4. The van der Waals surface area contributed by atoms with Gasteiger partial charge in [-0.25, -0.2) is 0 Å². The third-order valence-electron chi connectivity index (χ3n) is 13.4. The molecule has 0 saturated heterocycles. The quantitative estimate of drug-likeness (QED) is 0.0803. The molecule has 8 rings (SSSR count). The van der Waals surface area contributed by atoms with E-state index in [-0.39, 0.29) is 16.8 Å². The molecule has 8 aromatic rings. The largest absolute Gasteiger partial charge is 0.488 e. The highest BCUT2D eigenvalue weighted by molar-refractivity contribution is 6.09. The third-order valence-corrected chi connectivity index (χ3v) is 13.4. The van der Waals surface area contributed by atoms with Crippen molar-refractivity contribution in [2.45, 2.75) is 92.1 Å². The summed E-state index contributed by atoms with van der Waals surface area (Å²) in [5, 5.41) is 0. The number of hydrogen-bond acceptors (Lipinski definition) is 5. The maximum Gasteiger partial charge on any atom is 0.193 e. The number of carbonyl (C=O) groups excluding carboxylic acids is 1. The number of carbonyl (C=O) groups is 1. The van der Waals surface area contributed by atoms with E-state index in [1.807, 2.05) is 48.5 Å². The minimum absolute atomic E-state index is 0.00364. The zero-order valence-electron chi connectivity index (χ0n) is 40.9. The van der Waals surface area contributed by atoms with Crippen LogP contribution >= 0.6 is 0 Å². The Morgan fingerprint density at radius 3 is 1.07 bits per heavy atom. The zero-order chi connectivity index (χ0) is 47.8. The summed E-state index contributed by atoms with van der Waals surface area (Å²) in [6.07, 6.45) is 3.92. The Balaban J connectivity index is 1.00. The van der Waals surface area contributed by atoms with Crippen LogP contribution in [0.3, 0.4) is 0 Å². The van der Waals surface area contributed by atoms with E-state index in [4.69, 9.17) is 9.47 Å². The highest BCUT2D eigenvalue weighted by Crippen LogP contribution is 2.40. The molecule has 0 radical (unpaired) electrons. The molecule has 0 aliphatic rings. The van der Waals surface area contributed by atoms with Gasteiger partial charge in [-0.3, -0.25) is 4.79 Å².